The number of amidine groups is 1. The van der Waals surface area contributed by atoms with Crippen molar-refractivity contribution in [3.05, 3.63) is 23.8 Å². The van der Waals surface area contributed by atoms with Crippen LogP contribution in [0.3, 0.4) is 0 Å². The van der Waals surface area contributed by atoms with E-state index < -0.39 is 6.09 Å². The summed E-state index contributed by atoms with van der Waals surface area (Å²) >= 11 is 0. The fraction of sp³-hybridized carbons (Fsp3) is 0.471. The highest BCUT2D eigenvalue weighted by Crippen LogP contribution is 2.34. The van der Waals surface area contributed by atoms with E-state index in [1.165, 1.54) is 14.0 Å². The minimum Gasteiger partial charge on any atom is -0.442 e. The van der Waals surface area contributed by atoms with E-state index in [-0.39, 0.29) is 12.0 Å². The lowest BCUT2D eigenvalue weighted by Gasteiger charge is -2.18. The number of oxime groups is 1. The van der Waals surface area contributed by atoms with Crippen molar-refractivity contribution in [1.29, 1.82) is 0 Å². The highest BCUT2D eigenvalue weighted by atomic mass is 16.6. The first-order valence-corrected chi connectivity index (χ1v) is 8.26. The number of ether oxygens (including phenoxy) is 1. The van der Waals surface area contributed by atoms with Crippen molar-refractivity contribution in [2.24, 2.45) is 5.16 Å². The number of nitrogens with one attached hydrogen (secondary N) is 1. The SMILES string of the molecule is CCN1C(=NOC)Cc2cc(N3CC(CNC(C)=O)OC3=O)ccc21. The molecule has 0 aromatic heterocycles. The zero-order chi connectivity index (χ0) is 18.0. The number of nitrogens with zero attached hydrogens (tertiary/aromatic N) is 3. The van der Waals surface area contributed by atoms with Gasteiger partial charge in [-0.3, -0.25) is 9.69 Å². The van der Waals surface area contributed by atoms with E-state index in [9.17, 15) is 9.59 Å². The summed E-state index contributed by atoms with van der Waals surface area (Å²) in [5, 5.41) is 6.76. The molecular weight excluding hydrogens is 324 g/mol. The Hall–Kier alpha value is -2.77. The third-order valence-corrected chi connectivity index (χ3v) is 4.29. The standard InChI is InChI=1S/C17H22N4O4/c1-4-20-15-6-5-13(7-12(15)8-16(20)19-24-3)21-10-14(25-17(21)23)9-18-11(2)22/h5-7,14H,4,8-10H2,1-3H3,(H,18,22). The fourth-order valence-electron chi connectivity index (χ4n) is 3.19. The van der Waals surface area contributed by atoms with Crippen LogP contribution in [-0.4, -0.2) is 50.7 Å². The number of amides is 2. The first-order valence-electron chi connectivity index (χ1n) is 8.26. The van der Waals surface area contributed by atoms with Crippen molar-refractivity contribution in [3.8, 4) is 0 Å². The molecule has 1 unspecified atom stereocenters. The summed E-state index contributed by atoms with van der Waals surface area (Å²) in [6.45, 7) is 5.01. The maximum Gasteiger partial charge on any atom is 0.414 e. The number of likely N-dealkylation sites (N-methyl/N-ethyl adjacent to an activating group) is 1. The molecule has 0 bridgehead atoms. The normalized spacial score (nSPS) is 20.7. The first kappa shape index (κ1) is 17.1. The van der Waals surface area contributed by atoms with Crippen LogP contribution in [0.2, 0.25) is 0 Å². The average Bonchev–Trinajstić information content (AvgIpc) is 3.12. The number of hydrogen-bond donors (Lipinski definition) is 1. The summed E-state index contributed by atoms with van der Waals surface area (Å²) in [5.41, 5.74) is 2.95. The summed E-state index contributed by atoms with van der Waals surface area (Å²) in [5.74, 6) is 0.710. The molecule has 8 heteroatoms. The van der Waals surface area contributed by atoms with E-state index in [1.54, 1.807) is 4.90 Å². The Kier molecular flexibility index (Phi) is 4.78. The van der Waals surface area contributed by atoms with Gasteiger partial charge in [-0.1, -0.05) is 5.16 Å². The molecule has 0 aliphatic carbocycles. The van der Waals surface area contributed by atoms with Gasteiger partial charge in [0.15, 0.2) is 5.84 Å². The second-order valence-corrected chi connectivity index (χ2v) is 5.98. The van der Waals surface area contributed by atoms with Crippen LogP contribution in [0.25, 0.3) is 0 Å². The van der Waals surface area contributed by atoms with Crippen molar-refractivity contribution in [2.45, 2.75) is 26.4 Å². The average molecular weight is 346 g/mol. The van der Waals surface area contributed by atoms with Gasteiger partial charge in [-0.05, 0) is 30.7 Å². The zero-order valence-corrected chi connectivity index (χ0v) is 14.6. The summed E-state index contributed by atoms with van der Waals surface area (Å²) in [6, 6.07) is 5.87. The zero-order valence-electron chi connectivity index (χ0n) is 14.6. The van der Waals surface area contributed by atoms with Crippen LogP contribution >= 0.6 is 0 Å². The Labute approximate surface area is 146 Å². The number of carbonyl (C=O) groups is 2. The van der Waals surface area contributed by atoms with Crippen LogP contribution < -0.4 is 15.1 Å². The van der Waals surface area contributed by atoms with E-state index in [2.05, 4.69) is 22.3 Å². The lowest BCUT2D eigenvalue weighted by molar-refractivity contribution is -0.119. The lowest BCUT2D eigenvalue weighted by Crippen LogP contribution is -2.33. The Balaban J connectivity index is 1.77. The number of fused-ring (bicyclic) bond motifs is 1. The van der Waals surface area contributed by atoms with E-state index in [0.29, 0.717) is 19.5 Å². The number of rotatable bonds is 5. The van der Waals surface area contributed by atoms with Crippen LogP contribution in [0.1, 0.15) is 19.4 Å². The lowest BCUT2D eigenvalue weighted by atomic mass is 10.1. The number of benzene rings is 1. The minimum absolute atomic E-state index is 0.142. The molecule has 134 valence electrons. The third kappa shape index (κ3) is 3.38. The smallest absolute Gasteiger partial charge is 0.414 e. The summed E-state index contributed by atoms with van der Waals surface area (Å²) in [6.07, 6.45) is -0.0860. The Morgan fingerprint density at radius 3 is 2.96 bits per heavy atom. The highest BCUT2D eigenvalue weighted by molar-refractivity contribution is 6.05. The predicted octanol–water partition coefficient (Wildman–Crippen LogP) is 1.49. The monoisotopic (exact) mass is 346 g/mol. The van der Waals surface area contributed by atoms with Crippen LogP contribution in [0, 0.1) is 0 Å². The molecule has 2 aliphatic rings. The van der Waals surface area contributed by atoms with E-state index in [4.69, 9.17) is 9.57 Å². The molecule has 25 heavy (non-hydrogen) atoms. The molecule has 8 nitrogen and oxygen atoms in total. The van der Waals surface area contributed by atoms with E-state index in [0.717, 1.165) is 29.3 Å². The molecule has 1 aromatic rings. The largest absolute Gasteiger partial charge is 0.442 e. The summed E-state index contributed by atoms with van der Waals surface area (Å²) in [7, 11) is 1.53. The number of anilines is 2. The van der Waals surface area contributed by atoms with Crippen molar-refractivity contribution >= 4 is 29.2 Å². The molecule has 1 fully saturated rings. The van der Waals surface area contributed by atoms with E-state index >= 15 is 0 Å². The molecule has 2 amide bonds. The topological polar surface area (TPSA) is 83.5 Å². The van der Waals surface area contributed by atoms with Crippen molar-refractivity contribution in [1.82, 2.24) is 5.32 Å². The Bertz CT molecular complexity index is 719. The van der Waals surface area contributed by atoms with Gasteiger partial charge in [0.25, 0.3) is 0 Å². The minimum atomic E-state index is -0.397. The number of hydrogen-bond acceptors (Lipinski definition) is 5. The van der Waals surface area contributed by atoms with Gasteiger partial charge in [0, 0.05) is 31.3 Å². The summed E-state index contributed by atoms with van der Waals surface area (Å²) in [4.78, 5) is 31.8. The molecule has 2 aliphatic heterocycles. The molecule has 2 heterocycles. The second-order valence-electron chi connectivity index (χ2n) is 5.98. The van der Waals surface area contributed by atoms with Gasteiger partial charge in [-0.2, -0.15) is 0 Å². The van der Waals surface area contributed by atoms with Gasteiger partial charge in [0.1, 0.15) is 13.2 Å². The van der Waals surface area contributed by atoms with Gasteiger partial charge >= 0.3 is 6.09 Å². The predicted molar refractivity (Wildman–Crippen MR) is 93.9 cm³/mol. The quantitative estimate of drug-likeness (QED) is 0.817. The molecule has 1 saturated heterocycles. The van der Waals surface area contributed by atoms with Gasteiger partial charge < -0.3 is 19.8 Å². The number of carbonyl (C=O) groups excluding carboxylic acids is 2. The molecule has 0 saturated carbocycles. The van der Waals surface area contributed by atoms with Gasteiger partial charge in [0.2, 0.25) is 5.91 Å². The van der Waals surface area contributed by atoms with Gasteiger partial charge in [-0.15, -0.1) is 0 Å². The third-order valence-electron chi connectivity index (χ3n) is 4.29. The van der Waals surface area contributed by atoms with Crippen molar-refractivity contribution in [2.75, 3.05) is 36.5 Å². The van der Waals surface area contributed by atoms with Crippen LogP contribution in [0.5, 0.6) is 0 Å². The Morgan fingerprint density at radius 2 is 2.28 bits per heavy atom. The molecule has 1 atom stereocenters. The highest BCUT2D eigenvalue weighted by Gasteiger charge is 2.34. The van der Waals surface area contributed by atoms with Crippen molar-refractivity contribution in [3.63, 3.8) is 0 Å². The van der Waals surface area contributed by atoms with Gasteiger partial charge in [0.05, 0.1) is 13.1 Å². The second kappa shape index (κ2) is 7.00. The van der Waals surface area contributed by atoms with Crippen LogP contribution in [0.15, 0.2) is 23.4 Å². The van der Waals surface area contributed by atoms with Crippen molar-refractivity contribution < 1.29 is 19.2 Å². The molecular formula is C17H22N4O4. The first-order chi connectivity index (χ1) is 12.0. The molecule has 0 spiro atoms. The molecule has 1 N–H and O–H groups in total. The fourth-order valence-corrected chi connectivity index (χ4v) is 3.19. The molecule has 3 rings (SSSR count). The molecule has 0 radical (unpaired) electrons. The van der Waals surface area contributed by atoms with Crippen LogP contribution in [-0.2, 0) is 20.8 Å². The van der Waals surface area contributed by atoms with E-state index in [1.807, 2.05) is 18.2 Å². The Morgan fingerprint density at radius 1 is 1.48 bits per heavy atom. The maximum atomic E-state index is 12.2. The van der Waals surface area contributed by atoms with Gasteiger partial charge in [-0.25, -0.2) is 4.79 Å². The van der Waals surface area contributed by atoms with Crippen LogP contribution in [0.4, 0.5) is 16.2 Å². The molecule has 1 aromatic carbocycles. The number of cyclic esters (lactones) is 1. The maximum absolute atomic E-state index is 12.2. The summed E-state index contributed by atoms with van der Waals surface area (Å²) < 4.78 is 5.32.